The third-order valence-electron chi connectivity index (χ3n) is 3.41. The number of carbonyl (C=O) groups excluding carboxylic acids is 2. The topological polar surface area (TPSA) is 87.2 Å². The van der Waals surface area contributed by atoms with Gasteiger partial charge in [-0.3, -0.25) is 14.4 Å². The standard InChI is InChI=1S/C12H18N2O5S/c15-10(5-13-8-20-7-11(13)16)14(6-12(17)18)9-1-3-19-4-2-9/h9H,1-8H2,(H,17,18). The highest BCUT2D eigenvalue weighted by atomic mass is 32.2. The number of carbonyl (C=O) groups is 3. The maximum Gasteiger partial charge on any atom is 0.323 e. The highest BCUT2D eigenvalue weighted by Gasteiger charge is 2.31. The van der Waals surface area contributed by atoms with Crippen LogP contribution in [0, 0.1) is 0 Å². The van der Waals surface area contributed by atoms with Gasteiger partial charge in [-0.25, -0.2) is 0 Å². The zero-order valence-electron chi connectivity index (χ0n) is 11.1. The van der Waals surface area contributed by atoms with E-state index >= 15 is 0 Å². The van der Waals surface area contributed by atoms with Crippen molar-refractivity contribution >= 4 is 29.5 Å². The molecule has 2 aliphatic heterocycles. The maximum atomic E-state index is 12.3. The molecular formula is C12H18N2O5S. The molecule has 2 aliphatic rings. The van der Waals surface area contributed by atoms with Crippen LogP contribution in [0.3, 0.4) is 0 Å². The summed E-state index contributed by atoms with van der Waals surface area (Å²) in [5.41, 5.74) is 0. The Balaban J connectivity index is 1.98. The number of aliphatic carboxylic acids is 1. The molecule has 0 unspecified atom stereocenters. The van der Waals surface area contributed by atoms with Gasteiger partial charge in [0.25, 0.3) is 0 Å². The molecule has 2 saturated heterocycles. The molecule has 0 aromatic carbocycles. The predicted molar refractivity (Wildman–Crippen MR) is 72.2 cm³/mol. The lowest BCUT2D eigenvalue weighted by Crippen LogP contribution is -2.49. The number of carboxylic acids is 1. The van der Waals surface area contributed by atoms with E-state index in [0.717, 1.165) is 0 Å². The molecule has 0 bridgehead atoms. The van der Waals surface area contributed by atoms with Gasteiger partial charge in [-0.15, -0.1) is 11.8 Å². The van der Waals surface area contributed by atoms with Crippen molar-refractivity contribution in [3.63, 3.8) is 0 Å². The third-order valence-corrected chi connectivity index (χ3v) is 4.35. The molecule has 1 N–H and O–H groups in total. The summed E-state index contributed by atoms with van der Waals surface area (Å²) in [6.45, 7) is 0.717. The van der Waals surface area contributed by atoms with Gasteiger partial charge in [-0.2, -0.15) is 0 Å². The van der Waals surface area contributed by atoms with E-state index in [1.807, 2.05) is 0 Å². The summed E-state index contributed by atoms with van der Waals surface area (Å²) < 4.78 is 5.23. The molecular weight excluding hydrogens is 284 g/mol. The van der Waals surface area contributed by atoms with E-state index in [2.05, 4.69) is 0 Å². The van der Waals surface area contributed by atoms with Gasteiger partial charge in [0.1, 0.15) is 13.1 Å². The Bertz CT molecular complexity index is 397. The van der Waals surface area contributed by atoms with Crippen molar-refractivity contribution < 1.29 is 24.2 Å². The number of ether oxygens (including phenoxy) is 1. The summed E-state index contributed by atoms with van der Waals surface area (Å²) in [5.74, 6) is -0.504. The van der Waals surface area contributed by atoms with Crippen molar-refractivity contribution in [1.29, 1.82) is 0 Å². The lowest BCUT2D eigenvalue weighted by atomic mass is 10.1. The molecule has 0 atom stereocenters. The Kier molecular flexibility index (Phi) is 5.24. The number of thioether (sulfide) groups is 1. The summed E-state index contributed by atoms with van der Waals surface area (Å²) in [6.07, 6.45) is 1.28. The van der Waals surface area contributed by atoms with Gasteiger partial charge in [0.2, 0.25) is 11.8 Å². The van der Waals surface area contributed by atoms with Gasteiger partial charge >= 0.3 is 5.97 Å². The molecule has 7 nitrogen and oxygen atoms in total. The van der Waals surface area contributed by atoms with Crippen LogP contribution in [0.5, 0.6) is 0 Å². The van der Waals surface area contributed by atoms with Gasteiger partial charge in [-0.1, -0.05) is 0 Å². The Hall–Kier alpha value is -1.28. The summed E-state index contributed by atoms with van der Waals surface area (Å²) in [7, 11) is 0. The van der Waals surface area contributed by atoms with Crippen molar-refractivity contribution in [2.75, 3.05) is 37.9 Å². The minimum Gasteiger partial charge on any atom is -0.480 e. The van der Waals surface area contributed by atoms with Crippen LogP contribution in [0.1, 0.15) is 12.8 Å². The van der Waals surface area contributed by atoms with Crippen molar-refractivity contribution in [3.8, 4) is 0 Å². The monoisotopic (exact) mass is 302 g/mol. The minimum atomic E-state index is -1.04. The molecule has 0 radical (unpaired) electrons. The number of nitrogens with zero attached hydrogens (tertiary/aromatic N) is 2. The van der Waals surface area contributed by atoms with Crippen LogP contribution in [-0.4, -0.2) is 76.7 Å². The van der Waals surface area contributed by atoms with Gasteiger partial charge in [0.15, 0.2) is 0 Å². The van der Waals surface area contributed by atoms with Gasteiger partial charge < -0.3 is 19.6 Å². The number of rotatable bonds is 5. The first kappa shape index (κ1) is 15.1. The van der Waals surface area contributed by atoms with Gasteiger partial charge in [0.05, 0.1) is 11.6 Å². The van der Waals surface area contributed by atoms with E-state index in [1.165, 1.54) is 21.6 Å². The van der Waals surface area contributed by atoms with Crippen LogP contribution in [0.4, 0.5) is 0 Å². The molecule has 2 rings (SSSR count). The molecule has 8 heteroatoms. The van der Waals surface area contributed by atoms with Crippen molar-refractivity contribution in [3.05, 3.63) is 0 Å². The minimum absolute atomic E-state index is 0.0313. The number of hydrogen-bond donors (Lipinski definition) is 1. The van der Waals surface area contributed by atoms with E-state index in [1.54, 1.807) is 0 Å². The van der Waals surface area contributed by atoms with Crippen LogP contribution < -0.4 is 0 Å². The zero-order valence-corrected chi connectivity index (χ0v) is 11.9. The maximum absolute atomic E-state index is 12.3. The Morgan fingerprint density at radius 2 is 2.10 bits per heavy atom. The predicted octanol–water partition coefficient (Wildman–Crippen LogP) is -0.388. The Morgan fingerprint density at radius 3 is 2.65 bits per heavy atom. The van der Waals surface area contributed by atoms with Crippen molar-refractivity contribution in [2.24, 2.45) is 0 Å². The average Bonchev–Trinajstić information content (AvgIpc) is 2.82. The molecule has 2 heterocycles. The van der Waals surface area contributed by atoms with Crippen LogP contribution in [0.15, 0.2) is 0 Å². The second kappa shape index (κ2) is 6.94. The van der Waals surface area contributed by atoms with E-state index in [4.69, 9.17) is 9.84 Å². The molecule has 0 spiro atoms. The quantitative estimate of drug-likeness (QED) is 0.744. The molecule has 2 fully saturated rings. The number of amides is 2. The Morgan fingerprint density at radius 1 is 1.40 bits per heavy atom. The second-order valence-electron chi connectivity index (χ2n) is 4.83. The molecule has 0 aliphatic carbocycles. The third kappa shape index (κ3) is 3.86. The first-order valence-electron chi connectivity index (χ1n) is 6.52. The molecule has 0 aromatic rings. The van der Waals surface area contributed by atoms with Gasteiger partial charge in [-0.05, 0) is 12.8 Å². The lowest BCUT2D eigenvalue weighted by Gasteiger charge is -2.34. The molecule has 0 saturated carbocycles. The summed E-state index contributed by atoms with van der Waals surface area (Å²) in [5, 5.41) is 8.97. The summed E-state index contributed by atoms with van der Waals surface area (Å²) in [6, 6.07) is -0.113. The second-order valence-corrected chi connectivity index (χ2v) is 5.78. The first-order valence-corrected chi connectivity index (χ1v) is 7.68. The average molecular weight is 302 g/mol. The van der Waals surface area contributed by atoms with Crippen molar-refractivity contribution in [2.45, 2.75) is 18.9 Å². The highest BCUT2D eigenvalue weighted by Crippen LogP contribution is 2.18. The summed E-state index contributed by atoms with van der Waals surface area (Å²) in [4.78, 5) is 37.6. The fourth-order valence-corrected chi connectivity index (χ4v) is 3.26. The fourth-order valence-electron chi connectivity index (χ4n) is 2.36. The zero-order chi connectivity index (χ0) is 14.5. The highest BCUT2D eigenvalue weighted by molar-refractivity contribution is 8.00. The van der Waals surface area contributed by atoms with Crippen LogP contribution in [-0.2, 0) is 19.1 Å². The first-order chi connectivity index (χ1) is 9.58. The Labute approximate surface area is 121 Å². The normalized spacial score (nSPS) is 20.2. The van der Waals surface area contributed by atoms with E-state index in [9.17, 15) is 14.4 Å². The van der Waals surface area contributed by atoms with E-state index in [-0.39, 0.29) is 30.9 Å². The number of hydrogen-bond acceptors (Lipinski definition) is 5. The van der Waals surface area contributed by atoms with E-state index in [0.29, 0.717) is 37.7 Å². The fraction of sp³-hybridized carbons (Fsp3) is 0.750. The summed E-state index contributed by atoms with van der Waals surface area (Å²) >= 11 is 1.46. The lowest BCUT2D eigenvalue weighted by molar-refractivity contribution is -0.149. The molecule has 2 amide bonds. The van der Waals surface area contributed by atoms with Crippen LogP contribution >= 0.6 is 11.8 Å². The molecule has 112 valence electrons. The smallest absolute Gasteiger partial charge is 0.323 e. The number of carboxylic acid groups (broad SMARTS) is 1. The van der Waals surface area contributed by atoms with E-state index < -0.39 is 5.97 Å². The van der Waals surface area contributed by atoms with Crippen LogP contribution in [0.25, 0.3) is 0 Å². The largest absolute Gasteiger partial charge is 0.480 e. The molecule has 20 heavy (non-hydrogen) atoms. The van der Waals surface area contributed by atoms with Crippen molar-refractivity contribution in [1.82, 2.24) is 9.80 Å². The SMILES string of the molecule is O=C(O)CN(C(=O)CN1CSCC1=O)C1CCOCC1. The van der Waals surface area contributed by atoms with Gasteiger partial charge in [0, 0.05) is 19.3 Å². The molecule has 0 aromatic heterocycles. The van der Waals surface area contributed by atoms with Crippen LogP contribution in [0.2, 0.25) is 0 Å².